The van der Waals surface area contributed by atoms with E-state index in [1.807, 2.05) is 0 Å². The Labute approximate surface area is 59.4 Å². The predicted molar refractivity (Wildman–Crippen MR) is 37.4 cm³/mol. The molecule has 0 heterocycles. The molecule has 0 spiro atoms. The summed E-state index contributed by atoms with van der Waals surface area (Å²) in [6.07, 6.45) is 0. The summed E-state index contributed by atoms with van der Waals surface area (Å²) in [5, 5.41) is 0. The van der Waals surface area contributed by atoms with Crippen LogP contribution in [0.5, 0.6) is 0 Å². The predicted octanol–water partition coefficient (Wildman–Crippen LogP) is -2.81. The second-order valence-electron chi connectivity index (χ2n) is 0.136. The van der Waals surface area contributed by atoms with Crippen LogP contribution in [0.1, 0.15) is 0 Å². The Morgan fingerprint density at radius 2 is 1.60 bits per heavy atom. The van der Waals surface area contributed by atoms with Gasteiger partial charge in [-0.15, -0.1) is 0 Å². The van der Waals surface area contributed by atoms with Crippen LogP contribution in [0, 0.1) is 0 Å². The molecule has 1 atom stereocenters. The van der Waals surface area contributed by atoms with E-state index < -0.39 is 9.07 Å². The maximum atomic E-state index is 8.98. The van der Waals surface area contributed by atoms with Gasteiger partial charge >= 0.3 is 19.8 Å². The van der Waals surface area contributed by atoms with E-state index in [2.05, 4.69) is 8.79 Å². The molecular formula is H9AlGaOPSi. The third-order valence-electron chi connectivity index (χ3n) is 0. The van der Waals surface area contributed by atoms with Gasteiger partial charge in [0.05, 0.1) is 0 Å². The van der Waals surface area contributed by atoms with Gasteiger partial charge in [-0.2, -0.15) is 0 Å². The molecule has 0 saturated heterocycles. The summed E-state index contributed by atoms with van der Waals surface area (Å²) >= 11 is 0. The molecule has 0 radical (unpaired) electrons. The molecule has 0 aromatic heterocycles. The molecule has 5 heteroatoms. The summed E-state index contributed by atoms with van der Waals surface area (Å²) < 4.78 is 8.98. The van der Waals surface area contributed by atoms with E-state index in [9.17, 15) is 0 Å². The summed E-state index contributed by atoms with van der Waals surface area (Å²) in [4.78, 5) is 0. The fourth-order valence-corrected chi connectivity index (χ4v) is 0. The summed E-state index contributed by atoms with van der Waals surface area (Å²) in [6.45, 7) is 0. The summed E-state index contributed by atoms with van der Waals surface area (Å²) in [7, 11) is 1.52. The van der Waals surface area contributed by atoms with Crippen LogP contribution in [-0.4, -0.2) is 46.2 Å². The minimum atomic E-state index is -0.583. The monoisotopic (exact) mass is 180 g/mol. The molecule has 1 unspecified atom stereocenters. The van der Waals surface area contributed by atoms with Crippen molar-refractivity contribution in [3.8, 4) is 0 Å². The minimum absolute atomic E-state index is 0. The first kappa shape index (κ1) is 16.0. The van der Waals surface area contributed by atoms with Gasteiger partial charge in [0.2, 0.25) is 0 Å². The molecule has 0 fully saturated rings. The Morgan fingerprint density at radius 1 is 1.60 bits per heavy atom. The molecule has 0 aliphatic carbocycles. The fraction of sp³-hybridized carbons (Fsp3) is 0. The topological polar surface area (TPSA) is 17.1 Å². The van der Waals surface area contributed by atoms with Crippen LogP contribution in [0.25, 0.3) is 0 Å². The standard InChI is InChI=1S/Al.Ga.H3OPSi.6H/c;;1-3-2;;;;;;/h;;3H,2H2;;;;;;. The van der Waals surface area contributed by atoms with Crippen LogP contribution >= 0.6 is 8.79 Å². The quantitative estimate of drug-likeness (QED) is 0.291. The van der Waals surface area contributed by atoms with E-state index in [1.165, 1.54) is 0 Å². The Morgan fingerprint density at radius 3 is 1.60 bits per heavy atom. The van der Waals surface area contributed by atoms with E-state index in [0.29, 0.717) is 0 Å². The third kappa shape index (κ3) is 28.1. The van der Waals surface area contributed by atoms with Crippen LogP contribution in [0.2, 0.25) is 0 Å². The molecule has 0 N–H and O–H groups in total. The van der Waals surface area contributed by atoms with Crippen LogP contribution in [0.4, 0.5) is 0 Å². The molecule has 0 aliphatic rings. The van der Waals surface area contributed by atoms with Gasteiger partial charge in [-0.1, -0.05) is 8.79 Å². The Bertz CT molecular complexity index is 19.1. The molecule has 0 rings (SSSR count). The normalized spacial score (nSPS) is 2.60. The zero-order valence-electron chi connectivity index (χ0n) is 1.56. The van der Waals surface area contributed by atoms with Crippen molar-refractivity contribution < 1.29 is 4.46 Å². The molecule has 5 heavy (non-hydrogen) atoms. The van der Waals surface area contributed by atoms with E-state index in [1.54, 1.807) is 0 Å². The van der Waals surface area contributed by atoms with Gasteiger partial charge in [-0.3, -0.25) is 0 Å². The first-order chi connectivity index (χ1) is 1.41. The van der Waals surface area contributed by atoms with Crippen molar-refractivity contribution in [1.29, 1.82) is 0 Å². The molecule has 1 nitrogen and oxygen atoms in total. The van der Waals surface area contributed by atoms with Crippen molar-refractivity contribution in [1.82, 2.24) is 0 Å². The molecule has 0 bridgehead atoms. The van der Waals surface area contributed by atoms with Crippen molar-refractivity contribution in [2.45, 2.75) is 0 Å². The molecule has 0 aromatic rings. The average Bonchev–Trinajstić information content (AvgIpc) is 0.918. The van der Waals surface area contributed by atoms with Gasteiger partial charge in [0.25, 0.3) is 9.07 Å². The van der Waals surface area contributed by atoms with E-state index >= 15 is 0 Å². The second-order valence-corrected chi connectivity index (χ2v) is 1.22. The van der Waals surface area contributed by atoms with E-state index in [0.717, 1.165) is 0 Å². The van der Waals surface area contributed by atoms with Crippen LogP contribution in [-0.2, 0) is 4.46 Å². The summed E-state index contributed by atoms with van der Waals surface area (Å²) in [5.41, 5.74) is 0. The summed E-state index contributed by atoms with van der Waals surface area (Å²) in [6, 6.07) is 0. The molecule has 0 amide bonds. The van der Waals surface area contributed by atoms with Crippen molar-refractivity contribution in [2.24, 2.45) is 0 Å². The number of rotatable bonds is 0. The second kappa shape index (κ2) is 17.5. The molecule has 0 aromatic carbocycles. The van der Waals surface area contributed by atoms with Gasteiger partial charge in [0.15, 0.2) is 17.4 Å². The number of hydrogen-bond acceptors (Lipinski definition) is 1. The van der Waals surface area contributed by atoms with Gasteiger partial charge in [0.1, 0.15) is 0 Å². The van der Waals surface area contributed by atoms with Crippen molar-refractivity contribution in [3.63, 3.8) is 0 Å². The van der Waals surface area contributed by atoms with E-state index in [4.69, 9.17) is 4.46 Å². The SMILES string of the molecule is O=[SiH]P.[AlH3].[GaH3]. The average molecular weight is 181 g/mol. The van der Waals surface area contributed by atoms with Gasteiger partial charge < -0.3 is 4.46 Å². The van der Waals surface area contributed by atoms with Crippen LogP contribution in [0.15, 0.2) is 0 Å². The van der Waals surface area contributed by atoms with Gasteiger partial charge in [0, 0.05) is 0 Å². The first-order valence-corrected chi connectivity index (χ1v) is 3.71. The Balaban J connectivity index is -0.0000000200. The van der Waals surface area contributed by atoms with Gasteiger partial charge in [-0.25, -0.2) is 0 Å². The summed E-state index contributed by atoms with van der Waals surface area (Å²) in [5.74, 6) is 0. The molecule has 0 aliphatic heterocycles. The van der Waals surface area contributed by atoms with Gasteiger partial charge in [-0.05, 0) is 0 Å². The fourth-order valence-electron chi connectivity index (χ4n) is 0. The first-order valence-electron chi connectivity index (χ1n) is 0.569. The molecule has 0 saturated carbocycles. The molecule has 30 valence electrons. The Hall–Kier alpha value is 1.62. The number of hydrogen-bond donors (Lipinski definition) is 0. The third-order valence-corrected chi connectivity index (χ3v) is 0. The van der Waals surface area contributed by atoms with Crippen molar-refractivity contribution in [3.05, 3.63) is 0 Å². The van der Waals surface area contributed by atoms with Crippen LogP contribution in [0.3, 0.4) is 0 Å². The van der Waals surface area contributed by atoms with E-state index in [-0.39, 0.29) is 37.2 Å². The van der Waals surface area contributed by atoms with Crippen LogP contribution < -0.4 is 0 Å². The molecular weight excluding hydrogens is 172 g/mol. The van der Waals surface area contributed by atoms with Crippen molar-refractivity contribution in [2.75, 3.05) is 0 Å². The van der Waals surface area contributed by atoms with Crippen molar-refractivity contribution >= 4 is 55.0 Å². The zero-order valence-corrected chi connectivity index (χ0v) is 3.87. The zero-order chi connectivity index (χ0) is 2.71. The maximum absolute atomic E-state index is 8.98. The Kier molecular flexibility index (Phi) is 55.8.